The number of methoxy groups -OCH3 is 4. The normalized spacial score (nSPS) is 26.9. The zero-order valence-corrected chi connectivity index (χ0v) is 22.1. The molecule has 0 radical (unpaired) electrons. The summed E-state index contributed by atoms with van der Waals surface area (Å²) in [6.45, 7) is 0. The number of esters is 4. The van der Waals surface area contributed by atoms with E-state index in [1.54, 1.807) is 0 Å². The summed E-state index contributed by atoms with van der Waals surface area (Å²) in [5.74, 6) is -1.17. The first-order valence-electron chi connectivity index (χ1n) is 12.8. The van der Waals surface area contributed by atoms with Crippen LogP contribution >= 0.6 is 0 Å². The van der Waals surface area contributed by atoms with Crippen LogP contribution in [0.4, 0.5) is 0 Å². The first-order valence-corrected chi connectivity index (χ1v) is 12.8. The Morgan fingerprint density at radius 1 is 0.553 bits per heavy atom. The molecule has 2 aromatic carbocycles. The lowest BCUT2D eigenvalue weighted by molar-refractivity contribution is -0.0282. The second kappa shape index (κ2) is 9.57. The van der Waals surface area contributed by atoms with E-state index >= 15 is 0 Å². The number of carbonyl (C=O) groups excluding carboxylic acids is 4. The van der Waals surface area contributed by atoms with Crippen LogP contribution in [-0.2, 0) is 29.8 Å². The van der Waals surface area contributed by atoms with Crippen molar-refractivity contribution in [3.8, 4) is 0 Å². The molecule has 0 atom stereocenters. The molecule has 200 valence electrons. The minimum Gasteiger partial charge on any atom is -0.465 e. The van der Waals surface area contributed by atoms with Gasteiger partial charge < -0.3 is 18.9 Å². The van der Waals surface area contributed by atoms with Gasteiger partial charge in [0.15, 0.2) is 0 Å². The van der Waals surface area contributed by atoms with Crippen molar-refractivity contribution < 1.29 is 38.1 Å². The van der Waals surface area contributed by atoms with Crippen LogP contribution in [0.1, 0.15) is 91.1 Å². The average Bonchev–Trinajstić information content (AvgIpc) is 2.94. The molecule has 4 aliphatic carbocycles. The van der Waals surface area contributed by atoms with E-state index in [1.807, 2.05) is 24.3 Å². The van der Waals surface area contributed by atoms with Gasteiger partial charge in [0.25, 0.3) is 0 Å². The van der Waals surface area contributed by atoms with E-state index < -0.39 is 23.9 Å². The summed E-state index contributed by atoms with van der Waals surface area (Å²) < 4.78 is 19.9. The average molecular weight is 521 g/mol. The Bertz CT molecular complexity index is 1150. The van der Waals surface area contributed by atoms with E-state index in [4.69, 9.17) is 18.9 Å². The molecule has 2 aromatic rings. The van der Waals surface area contributed by atoms with Crippen molar-refractivity contribution in [2.75, 3.05) is 28.4 Å². The number of ether oxygens (including phenoxy) is 4. The maximum Gasteiger partial charge on any atom is 0.337 e. The van der Waals surface area contributed by atoms with Gasteiger partial charge in [-0.1, -0.05) is 0 Å². The van der Waals surface area contributed by atoms with Crippen LogP contribution in [0, 0.1) is 11.8 Å². The van der Waals surface area contributed by atoms with Gasteiger partial charge >= 0.3 is 23.9 Å². The van der Waals surface area contributed by atoms with E-state index in [1.165, 1.54) is 40.6 Å². The SMILES string of the molecule is COC(=O)c1cc(C(=O)OC)cc(C23CC4CC(C2)CC(c2cc(C(=O)OC)cc(C(=O)OC)c2)(C4)C3)c1. The molecule has 4 saturated carbocycles. The maximum absolute atomic E-state index is 12.5. The van der Waals surface area contributed by atoms with Gasteiger partial charge in [-0.05, 0) is 109 Å². The summed E-state index contributed by atoms with van der Waals surface area (Å²) in [6.07, 6.45) is 5.65. The number of rotatable bonds is 6. The molecule has 4 aliphatic rings. The van der Waals surface area contributed by atoms with Gasteiger partial charge in [-0.2, -0.15) is 0 Å². The number of hydrogen-bond acceptors (Lipinski definition) is 8. The summed E-state index contributed by atoms with van der Waals surface area (Å²) in [5, 5.41) is 0. The zero-order valence-electron chi connectivity index (χ0n) is 22.1. The second-order valence-corrected chi connectivity index (χ2v) is 11.1. The van der Waals surface area contributed by atoms with Gasteiger partial charge in [0.2, 0.25) is 0 Å². The molecule has 38 heavy (non-hydrogen) atoms. The number of benzene rings is 2. The van der Waals surface area contributed by atoms with Gasteiger partial charge in [0.1, 0.15) is 0 Å². The Kier molecular flexibility index (Phi) is 6.53. The van der Waals surface area contributed by atoms with Crippen LogP contribution in [0.15, 0.2) is 36.4 Å². The first kappa shape index (κ1) is 25.9. The van der Waals surface area contributed by atoms with E-state index in [2.05, 4.69) is 0 Å². The molecule has 0 N–H and O–H groups in total. The van der Waals surface area contributed by atoms with Crippen molar-refractivity contribution in [1.29, 1.82) is 0 Å². The third-order valence-electron chi connectivity index (χ3n) is 8.84. The molecule has 4 bridgehead atoms. The minimum atomic E-state index is -0.509. The van der Waals surface area contributed by atoms with Crippen molar-refractivity contribution in [2.24, 2.45) is 11.8 Å². The number of hydrogen-bond donors (Lipinski definition) is 0. The second-order valence-electron chi connectivity index (χ2n) is 11.1. The summed E-state index contributed by atoms with van der Waals surface area (Å²) in [4.78, 5) is 50.2. The summed E-state index contributed by atoms with van der Waals surface area (Å²) in [5.41, 5.74) is 2.57. The first-order chi connectivity index (χ1) is 18.2. The monoisotopic (exact) mass is 520 g/mol. The van der Waals surface area contributed by atoms with E-state index in [0.717, 1.165) is 49.7 Å². The standard InChI is InChI=1S/C30H32O8/c1-35-25(31)19-6-20(26(32)36-2)9-23(8-19)29-12-17-5-18(13-29)15-30(14-17,16-29)24-10-21(27(33)37-3)7-22(11-24)28(34)38-4/h6-11,17-18H,5,12-16H2,1-4H3. The Morgan fingerprint density at radius 2 is 0.842 bits per heavy atom. The van der Waals surface area contributed by atoms with E-state index in [0.29, 0.717) is 34.1 Å². The third kappa shape index (κ3) is 4.25. The van der Waals surface area contributed by atoms with Crippen LogP contribution in [0.2, 0.25) is 0 Å². The fourth-order valence-electron chi connectivity index (χ4n) is 7.75. The van der Waals surface area contributed by atoms with Crippen molar-refractivity contribution in [1.82, 2.24) is 0 Å². The molecular formula is C30H32O8. The fraction of sp³-hybridized carbons (Fsp3) is 0.467. The van der Waals surface area contributed by atoms with Gasteiger partial charge in [-0.25, -0.2) is 19.2 Å². The lowest BCUT2D eigenvalue weighted by atomic mass is 9.41. The molecule has 4 fully saturated rings. The van der Waals surface area contributed by atoms with Crippen LogP contribution in [-0.4, -0.2) is 52.3 Å². The Morgan fingerprint density at radius 3 is 1.11 bits per heavy atom. The largest absolute Gasteiger partial charge is 0.465 e. The van der Waals surface area contributed by atoms with Gasteiger partial charge in [0.05, 0.1) is 50.7 Å². The Hall–Kier alpha value is -3.68. The quantitative estimate of drug-likeness (QED) is 0.401. The van der Waals surface area contributed by atoms with Crippen molar-refractivity contribution >= 4 is 23.9 Å². The van der Waals surface area contributed by atoms with Crippen LogP contribution < -0.4 is 0 Å². The molecule has 0 unspecified atom stereocenters. The molecule has 0 amide bonds. The summed E-state index contributed by atoms with van der Waals surface area (Å²) in [6, 6.07) is 10.4. The summed E-state index contributed by atoms with van der Waals surface area (Å²) >= 11 is 0. The molecular weight excluding hydrogens is 488 g/mol. The van der Waals surface area contributed by atoms with Gasteiger partial charge in [-0.15, -0.1) is 0 Å². The highest BCUT2D eigenvalue weighted by Crippen LogP contribution is 2.66. The minimum absolute atomic E-state index is 0.274. The zero-order chi connectivity index (χ0) is 27.2. The molecule has 0 saturated heterocycles. The van der Waals surface area contributed by atoms with Crippen molar-refractivity contribution in [2.45, 2.75) is 49.4 Å². The lowest BCUT2D eigenvalue weighted by Gasteiger charge is -2.63. The summed E-state index contributed by atoms with van der Waals surface area (Å²) in [7, 11) is 5.28. The van der Waals surface area contributed by atoms with Crippen LogP contribution in [0.25, 0.3) is 0 Å². The van der Waals surface area contributed by atoms with Crippen LogP contribution in [0.5, 0.6) is 0 Å². The van der Waals surface area contributed by atoms with E-state index in [9.17, 15) is 19.2 Å². The lowest BCUT2D eigenvalue weighted by Crippen LogP contribution is -2.56. The highest BCUT2D eigenvalue weighted by Gasteiger charge is 2.59. The van der Waals surface area contributed by atoms with E-state index in [-0.39, 0.29) is 10.8 Å². The third-order valence-corrected chi connectivity index (χ3v) is 8.84. The van der Waals surface area contributed by atoms with Crippen molar-refractivity contribution in [3.63, 3.8) is 0 Å². The molecule has 0 aromatic heterocycles. The number of carbonyl (C=O) groups is 4. The van der Waals surface area contributed by atoms with Crippen LogP contribution in [0.3, 0.4) is 0 Å². The molecule has 8 nitrogen and oxygen atoms in total. The molecule has 0 aliphatic heterocycles. The smallest absolute Gasteiger partial charge is 0.337 e. The molecule has 6 rings (SSSR count). The molecule has 0 heterocycles. The predicted molar refractivity (Wildman–Crippen MR) is 136 cm³/mol. The highest BCUT2D eigenvalue weighted by atomic mass is 16.5. The van der Waals surface area contributed by atoms with Gasteiger partial charge in [0, 0.05) is 0 Å². The molecule has 8 heteroatoms. The van der Waals surface area contributed by atoms with Crippen molar-refractivity contribution in [3.05, 3.63) is 69.8 Å². The topological polar surface area (TPSA) is 105 Å². The van der Waals surface area contributed by atoms with Gasteiger partial charge in [-0.3, -0.25) is 0 Å². The Labute approximate surface area is 221 Å². The molecule has 0 spiro atoms. The fourth-order valence-corrected chi connectivity index (χ4v) is 7.75. The maximum atomic E-state index is 12.5. The Balaban J connectivity index is 1.65. The predicted octanol–water partition coefficient (Wildman–Crippen LogP) is 4.62. The highest BCUT2D eigenvalue weighted by molar-refractivity contribution is 5.96.